The van der Waals surface area contributed by atoms with E-state index in [2.05, 4.69) is 15.5 Å². The summed E-state index contributed by atoms with van der Waals surface area (Å²) in [7, 11) is -3.75. The van der Waals surface area contributed by atoms with E-state index in [0.29, 0.717) is 4.34 Å². The van der Waals surface area contributed by atoms with Crippen LogP contribution in [0.5, 0.6) is 0 Å². The van der Waals surface area contributed by atoms with Gasteiger partial charge in [0.15, 0.2) is 4.34 Å². The first kappa shape index (κ1) is 18.6. The van der Waals surface area contributed by atoms with Crippen LogP contribution in [0.1, 0.15) is 6.92 Å². The highest BCUT2D eigenvalue weighted by Crippen LogP contribution is 2.25. The van der Waals surface area contributed by atoms with Crippen LogP contribution in [0.3, 0.4) is 0 Å². The van der Waals surface area contributed by atoms with E-state index in [4.69, 9.17) is 0 Å². The van der Waals surface area contributed by atoms with E-state index >= 15 is 0 Å². The summed E-state index contributed by atoms with van der Waals surface area (Å²) in [4.78, 5) is 12.4. The molecule has 0 radical (unpaired) electrons. The fraction of sp³-hybridized carbons (Fsp3) is 0.308. The van der Waals surface area contributed by atoms with E-state index in [9.17, 15) is 17.6 Å². The van der Waals surface area contributed by atoms with E-state index < -0.39 is 27.8 Å². The summed E-state index contributed by atoms with van der Waals surface area (Å²) in [6.07, 6.45) is 2.81. The summed E-state index contributed by atoms with van der Waals surface area (Å²) in [5, 5.41) is 10.5. The van der Waals surface area contributed by atoms with Crippen LogP contribution in [-0.4, -0.2) is 43.1 Å². The van der Waals surface area contributed by atoms with Gasteiger partial charge >= 0.3 is 0 Å². The van der Waals surface area contributed by atoms with Gasteiger partial charge in [0.2, 0.25) is 21.1 Å². The molecule has 0 saturated heterocycles. The van der Waals surface area contributed by atoms with Crippen LogP contribution in [0.25, 0.3) is 0 Å². The molecule has 1 N–H and O–H groups in total. The van der Waals surface area contributed by atoms with Gasteiger partial charge in [-0.3, -0.25) is 14.4 Å². The lowest BCUT2D eigenvalue weighted by molar-refractivity contribution is -0.116. The molecule has 7 nitrogen and oxygen atoms in total. The number of thioether (sulfide) groups is 1. The Morgan fingerprint density at radius 2 is 1.96 bits per heavy atom. The van der Waals surface area contributed by atoms with Gasteiger partial charge < -0.3 is 0 Å². The van der Waals surface area contributed by atoms with Crippen LogP contribution < -0.4 is 9.62 Å². The quantitative estimate of drug-likeness (QED) is 0.600. The summed E-state index contributed by atoms with van der Waals surface area (Å²) in [5.41, 5.74) is 0.198. The van der Waals surface area contributed by atoms with Crippen molar-refractivity contribution in [1.29, 1.82) is 0 Å². The maximum absolute atomic E-state index is 13.1. The SMILES string of the molecule is CSc1nnc(NC(=O)C(C)N(c2ccc(F)cc2)S(C)(=O)=O)s1. The van der Waals surface area contributed by atoms with Gasteiger partial charge in [-0.25, -0.2) is 12.8 Å². The van der Waals surface area contributed by atoms with Crippen LogP contribution in [-0.2, 0) is 14.8 Å². The van der Waals surface area contributed by atoms with Crippen molar-refractivity contribution in [2.75, 3.05) is 22.1 Å². The first-order valence-corrected chi connectivity index (χ1v) is 10.5. The number of nitrogens with one attached hydrogen (secondary N) is 1. The maximum Gasteiger partial charge on any atom is 0.249 e. The zero-order valence-corrected chi connectivity index (χ0v) is 15.5. The Bertz CT molecular complexity index is 823. The molecule has 1 aromatic carbocycles. The molecule has 0 fully saturated rings. The van der Waals surface area contributed by atoms with Crippen LogP contribution in [0.2, 0.25) is 0 Å². The average molecular weight is 390 g/mol. The second-order valence-corrected chi connectivity index (χ2v) is 8.67. The van der Waals surface area contributed by atoms with Gasteiger partial charge in [-0.05, 0) is 37.4 Å². The molecule has 1 amide bonds. The molecule has 0 saturated carbocycles. The molecule has 0 spiro atoms. The number of nitrogens with zero attached hydrogens (tertiary/aromatic N) is 3. The minimum Gasteiger partial charge on any atom is -0.299 e. The molecular weight excluding hydrogens is 375 g/mol. The average Bonchev–Trinajstić information content (AvgIpc) is 2.95. The molecule has 0 bridgehead atoms. The van der Waals surface area contributed by atoms with Crippen LogP contribution in [0.4, 0.5) is 15.2 Å². The molecule has 130 valence electrons. The first-order valence-electron chi connectivity index (χ1n) is 6.65. The first-order chi connectivity index (χ1) is 11.2. The zero-order chi connectivity index (χ0) is 17.9. The molecule has 1 aromatic heterocycles. The number of rotatable bonds is 6. The lowest BCUT2D eigenvalue weighted by Crippen LogP contribution is -2.45. The van der Waals surface area contributed by atoms with Gasteiger partial charge in [-0.2, -0.15) is 0 Å². The van der Waals surface area contributed by atoms with Crippen molar-refractivity contribution in [3.63, 3.8) is 0 Å². The number of anilines is 2. The van der Waals surface area contributed by atoms with E-state index in [1.54, 1.807) is 0 Å². The predicted octanol–water partition coefficient (Wildman–Crippen LogP) is 2.19. The number of carbonyl (C=O) groups is 1. The summed E-state index contributed by atoms with van der Waals surface area (Å²) in [6, 6.07) is 3.82. The van der Waals surface area contributed by atoms with Crippen LogP contribution >= 0.6 is 23.1 Å². The van der Waals surface area contributed by atoms with Crippen molar-refractivity contribution < 1.29 is 17.6 Å². The second kappa shape index (κ2) is 7.45. The van der Waals surface area contributed by atoms with E-state index in [-0.39, 0.29) is 10.8 Å². The predicted molar refractivity (Wildman–Crippen MR) is 93.5 cm³/mol. The van der Waals surface area contributed by atoms with Crippen molar-refractivity contribution in [2.45, 2.75) is 17.3 Å². The second-order valence-electron chi connectivity index (χ2n) is 4.78. The smallest absolute Gasteiger partial charge is 0.249 e. The Balaban J connectivity index is 2.25. The van der Waals surface area contributed by atoms with Gasteiger partial charge in [-0.15, -0.1) is 10.2 Å². The zero-order valence-electron chi connectivity index (χ0n) is 13.1. The molecule has 0 aliphatic carbocycles. The fourth-order valence-electron chi connectivity index (χ4n) is 1.95. The van der Waals surface area contributed by atoms with Crippen molar-refractivity contribution in [3.8, 4) is 0 Å². The minimum absolute atomic E-state index is 0.198. The third kappa shape index (κ3) is 4.42. The summed E-state index contributed by atoms with van der Waals surface area (Å²) < 4.78 is 38.9. The molecule has 2 aromatic rings. The number of aromatic nitrogens is 2. The molecular formula is C13H15FN4O3S3. The Hall–Kier alpha value is -1.72. The molecule has 1 atom stereocenters. The molecule has 1 heterocycles. The van der Waals surface area contributed by atoms with E-state index in [0.717, 1.165) is 22.7 Å². The third-order valence-corrected chi connectivity index (χ3v) is 6.04. The van der Waals surface area contributed by atoms with Crippen molar-refractivity contribution in [3.05, 3.63) is 30.1 Å². The molecule has 1 unspecified atom stereocenters. The van der Waals surface area contributed by atoms with E-state index in [1.165, 1.54) is 42.2 Å². The molecule has 24 heavy (non-hydrogen) atoms. The Kier molecular flexibility index (Phi) is 5.78. The number of sulfonamides is 1. The lowest BCUT2D eigenvalue weighted by atomic mass is 10.2. The summed E-state index contributed by atoms with van der Waals surface area (Å²) in [5.74, 6) is -1.06. The van der Waals surface area contributed by atoms with E-state index in [1.807, 2.05) is 6.26 Å². The van der Waals surface area contributed by atoms with Gasteiger partial charge in [0.1, 0.15) is 11.9 Å². The molecule has 11 heteroatoms. The van der Waals surface area contributed by atoms with Crippen molar-refractivity contribution in [2.24, 2.45) is 0 Å². The van der Waals surface area contributed by atoms with Gasteiger partial charge in [0, 0.05) is 0 Å². The van der Waals surface area contributed by atoms with Crippen molar-refractivity contribution in [1.82, 2.24) is 10.2 Å². The number of hydrogen-bond donors (Lipinski definition) is 1. The Labute approximate surface area is 147 Å². The Morgan fingerprint density at radius 3 is 2.46 bits per heavy atom. The molecule has 2 rings (SSSR count). The highest BCUT2D eigenvalue weighted by atomic mass is 32.2. The maximum atomic E-state index is 13.1. The summed E-state index contributed by atoms with van der Waals surface area (Å²) >= 11 is 2.57. The number of amides is 1. The molecule has 0 aliphatic heterocycles. The lowest BCUT2D eigenvalue weighted by Gasteiger charge is -2.27. The number of benzene rings is 1. The minimum atomic E-state index is -3.75. The summed E-state index contributed by atoms with van der Waals surface area (Å²) in [6.45, 7) is 1.44. The van der Waals surface area contributed by atoms with Crippen LogP contribution in [0.15, 0.2) is 28.6 Å². The number of halogens is 1. The number of hydrogen-bond acceptors (Lipinski definition) is 7. The van der Waals surface area contributed by atoms with Gasteiger partial charge in [-0.1, -0.05) is 23.1 Å². The number of carbonyl (C=O) groups excluding carboxylic acids is 1. The van der Waals surface area contributed by atoms with Gasteiger partial charge in [0.05, 0.1) is 11.9 Å². The van der Waals surface area contributed by atoms with Gasteiger partial charge in [0.25, 0.3) is 0 Å². The molecule has 0 aliphatic rings. The normalized spacial score (nSPS) is 12.7. The third-order valence-electron chi connectivity index (χ3n) is 2.98. The monoisotopic (exact) mass is 390 g/mol. The highest BCUT2D eigenvalue weighted by molar-refractivity contribution is 8.00. The Morgan fingerprint density at radius 1 is 1.33 bits per heavy atom. The fourth-order valence-corrected chi connectivity index (χ4v) is 4.30. The largest absolute Gasteiger partial charge is 0.299 e. The topological polar surface area (TPSA) is 92.3 Å². The van der Waals surface area contributed by atoms with Crippen molar-refractivity contribution >= 4 is 49.8 Å². The highest BCUT2D eigenvalue weighted by Gasteiger charge is 2.29. The van der Waals surface area contributed by atoms with Crippen LogP contribution in [0, 0.1) is 5.82 Å². The standard InChI is InChI=1S/C13H15FN4O3S3/c1-8(11(19)15-12-16-17-13(22-2)23-12)18(24(3,20)21)10-6-4-9(14)5-7-10/h4-8H,1-3H3,(H,15,16,19).